The molecule has 0 amide bonds. The zero-order valence-electron chi connectivity index (χ0n) is 8.55. The average Bonchev–Trinajstić information content (AvgIpc) is 2.02. The summed E-state index contributed by atoms with van der Waals surface area (Å²) < 4.78 is 5.50. The molecule has 12 heavy (non-hydrogen) atoms. The SMILES string of the molecule is CCC(C)(C)OCC(O)CNC. The van der Waals surface area contributed by atoms with Crippen LogP contribution in [0.5, 0.6) is 0 Å². The van der Waals surface area contributed by atoms with E-state index >= 15 is 0 Å². The molecule has 0 aliphatic heterocycles. The van der Waals surface area contributed by atoms with E-state index in [0.29, 0.717) is 13.2 Å². The molecule has 2 N–H and O–H groups in total. The lowest BCUT2D eigenvalue weighted by Gasteiger charge is -2.25. The van der Waals surface area contributed by atoms with Crippen LogP contribution in [0, 0.1) is 0 Å². The molecule has 0 aliphatic rings. The summed E-state index contributed by atoms with van der Waals surface area (Å²) in [5.41, 5.74) is -0.116. The number of nitrogens with one attached hydrogen (secondary N) is 1. The van der Waals surface area contributed by atoms with Crippen molar-refractivity contribution in [1.82, 2.24) is 5.32 Å². The molecule has 74 valence electrons. The molecule has 0 saturated carbocycles. The molecule has 0 rings (SSSR count). The maximum absolute atomic E-state index is 9.32. The molecule has 0 radical (unpaired) electrons. The Kier molecular flexibility index (Phi) is 5.46. The van der Waals surface area contributed by atoms with Crippen molar-refractivity contribution in [2.45, 2.75) is 38.9 Å². The summed E-state index contributed by atoms with van der Waals surface area (Å²) in [6.07, 6.45) is 0.556. The third-order valence-electron chi connectivity index (χ3n) is 1.96. The lowest BCUT2D eigenvalue weighted by atomic mass is 10.1. The first-order valence-corrected chi connectivity index (χ1v) is 4.48. The summed E-state index contributed by atoms with van der Waals surface area (Å²) in [4.78, 5) is 0. The van der Waals surface area contributed by atoms with Gasteiger partial charge in [0.05, 0.1) is 18.3 Å². The second-order valence-corrected chi connectivity index (χ2v) is 3.64. The Morgan fingerprint density at radius 2 is 2.08 bits per heavy atom. The summed E-state index contributed by atoms with van der Waals surface area (Å²) in [5.74, 6) is 0. The van der Waals surface area contributed by atoms with Crippen LogP contribution >= 0.6 is 0 Å². The van der Waals surface area contributed by atoms with E-state index in [0.717, 1.165) is 6.42 Å². The maximum atomic E-state index is 9.32. The number of rotatable bonds is 6. The first-order valence-electron chi connectivity index (χ1n) is 4.48. The largest absolute Gasteiger partial charge is 0.389 e. The first-order chi connectivity index (χ1) is 5.52. The lowest BCUT2D eigenvalue weighted by Crippen LogP contribution is -2.33. The van der Waals surface area contributed by atoms with Gasteiger partial charge in [-0.1, -0.05) is 6.92 Å². The molecule has 0 bridgehead atoms. The first kappa shape index (κ1) is 11.9. The molecule has 3 heteroatoms. The van der Waals surface area contributed by atoms with Crippen LogP contribution in [-0.4, -0.2) is 37.0 Å². The Morgan fingerprint density at radius 1 is 1.50 bits per heavy atom. The van der Waals surface area contributed by atoms with Gasteiger partial charge in [0.25, 0.3) is 0 Å². The summed E-state index contributed by atoms with van der Waals surface area (Å²) in [6, 6.07) is 0. The molecule has 0 aliphatic carbocycles. The molecule has 0 fully saturated rings. The number of likely N-dealkylation sites (N-methyl/N-ethyl adjacent to an activating group) is 1. The highest BCUT2D eigenvalue weighted by molar-refractivity contribution is 4.67. The average molecular weight is 175 g/mol. The van der Waals surface area contributed by atoms with E-state index < -0.39 is 6.10 Å². The van der Waals surface area contributed by atoms with Gasteiger partial charge in [-0.15, -0.1) is 0 Å². The van der Waals surface area contributed by atoms with Crippen LogP contribution in [0.1, 0.15) is 27.2 Å². The van der Waals surface area contributed by atoms with Gasteiger partial charge in [0.15, 0.2) is 0 Å². The highest BCUT2D eigenvalue weighted by atomic mass is 16.5. The van der Waals surface area contributed by atoms with Crippen LogP contribution in [0.15, 0.2) is 0 Å². The topological polar surface area (TPSA) is 41.5 Å². The molecular formula is C9H21NO2. The van der Waals surface area contributed by atoms with Gasteiger partial charge in [0.2, 0.25) is 0 Å². The molecule has 1 atom stereocenters. The third-order valence-corrected chi connectivity index (χ3v) is 1.96. The summed E-state index contributed by atoms with van der Waals surface area (Å²) in [6.45, 7) is 7.12. The van der Waals surface area contributed by atoms with Crippen molar-refractivity contribution in [2.75, 3.05) is 20.2 Å². The van der Waals surface area contributed by atoms with E-state index in [-0.39, 0.29) is 5.60 Å². The van der Waals surface area contributed by atoms with E-state index in [4.69, 9.17) is 4.74 Å². The highest BCUT2D eigenvalue weighted by Crippen LogP contribution is 2.13. The minimum absolute atomic E-state index is 0.116. The third kappa shape index (κ3) is 5.52. The highest BCUT2D eigenvalue weighted by Gasteiger charge is 2.16. The molecule has 0 spiro atoms. The minimum Gasteiger partial charge on any atom is -0.389 e. The fourth-order valence-corrected chi connectivity index (χ4v) is 0.718. The Balaban J connectivity index is 3.52. The molecule has 0 saturated heterocycles. The van der Waals surface area contributed by atoms with Crippen molar-refractivity contribution >= 4 is 0 Å². The Bertz CT molecular complexity index is 115. The van der Waals surface area contributed by atoms with Gasteiger partial charge in [0.1, 0.15) is 0 Å². The van der Waals surface area contributed by atoms with Crippen molar-refractivity contribution in [2.24, 2.45) is 0 Å². The van der Waals surface area contributed by atoms with Crippen LogP contribution < -0.4 is 5.32 Å². The van der Waals surface area contributed by atoms with Crippen molar-refractivity contribution in [3.05, 3.63) is 0 Å². The normalized spacial score (nSPS) is 14.8. The Morgan fingerprint density at radius 3 is 2.50 bits per heavy atom. The Labute approximate surface area is 75.1 Å². The van der Waals surface area contributed by atoms with E-state index in [1.807, 2.05) is 20.9 Å². The smallest absolute Gasteiger partial charge is 0.0897 e. The number of aliphatic hydroxyl groups excluding tert-OH is 1. The monoisotopic (exact) mass is 175 g/mol. The maximum Gasteiger partial charge on any atom is 0.0897 e. The summed E-state index contributed by atoms with van der Waals surface area (Å²) >= 11 is 0. The van der Waals surface area contributed by atoms with Crippen LogP contribution in [-0.2, 0) is 4.74 Å². The van der Waals surface area contributed by atoms with Crippen LogP contribution in [0.25, 0.3) is 0 Å². The number of hydrogen-bond donors (Lipinski definition) is 2. The van der Waals surface area contributed by atoms with Gasteiger partial charge in [-0.3, -0.25) is 0 Å². The fourth-order valence-electron chi connectivity index (χ4n) is 0.718. The lowest BCUT2D eigenvalue weighted by molar-refractivity contribution is -0.0597. The van der Waals surface area contributed by atoms with E-state index in [1.165, 1.54) is 0 Å². The fraction of sp³-hybridized carbons (Fsp3) is 1.00. The van der Waals surface area contributed by atoms with Crippen molar-refractivity contribution in [3.63, 3.8) is 0 Å². The zero-order chi connectivity index (χ0) is 9.61. The molecule has 0 aromatic rings. The van der Waals surface area contributed by atoms with Gasteiger partial charge >= 0.3 is 0 Å². The molecular weight excluding hydrogens is 154 g/mol. The van der Waals surface area contributed by atoms with Gasteiger partial charge in [0, 0.05) is 6.54 Å². The second-order valence-electron chi connectivity index (χ2n) is 3.64. The zero-order valence-corrected chi connectivity index (χ0v) is 8.55. The van der Waals surface area contributed by atoms with E-state index in [2.05, 4.69) is 12.2 Å². The predicted molar refractivity (Wildman–Crippen MR) is 50.3 cm³/mol. The van der Waals surface area contributed by atoms with Crippen LogP contribution in [0.2, 0.25) is 0 Å². The van der Waals surface area contributed by atoms with E-state index in [1.54, 1.807) is 0 Å². The summed E-state index contributed by atoms with van der Waals surface area (Å²) in [7, 11) is 1.81. The second kappa shape index (κ2) is 5.51. The van der Waals surface area contributed by atoms with E-state index in [9.17, 15) is 5.11 Å². The van der Waals surface area contributed by atoms with Gasteiger partial charge in [-0.05, 0) is 27.3 Å². The van der Waals surface area contributed by atoms with Crippen LogP contribution in [0.3, 0.4) is 0 Å². The molecule has 0 heterocycles. The van der Waals surface area contributed by atoms with Crippen molar-refractivity contribution < 1.29 is 9.84 Å². The van der Waals surface area contributed by atoms with Crippen molar-refractivity contribution in [3.8, 4) is 0 Å². The van der Waals surface area contributed by atoms with Crippen LogP contribution in [0.4, 0.5) is 0 Å². The van der Waals surface area contributed by atoms with Gasteiger partial charge in [-0.25, -0.2) is 0 Å². The standard InChI is InChI=1S/C9H21NO2/c1-5-9(2,3)12-7-8(11)6-10-4/h8,10-11H,5-7H2,1-4H3. The quantitative estimate of drug-likeness (QED) is 0.626. The molecule has 0 aromatic carbocycles. The Hall–Kier alpha value is -0.120. The number of aliphatic hydroxyl groups is 1. The summed E-state index contributed by atoms with van der Waals surface area (Å²) in [5, 5.41) is 12.2. The number of ether oxygens (including phenoxy) is 1. The molecule has 3 nitrogen and oxygen atoms in total. The predicted octanol–water partition coefficient (Wildman–Crippen LogP) is 0.772. The molecule has 1 unspecified atom stereocenters. The van der Waals surface area contributed by atoms with Crippen molar-refractivity contribution in [1.29, 1.82) is 0 Å². The molecule has 0 aromatic heterocycles. The minimum atomic E-state index is -0.402. The number of hydrogen-bond acceptors (Lipinski definition) is 3. The van der Waals surface area contributed by atoms with Gasteiger partial charge in [-0.2, -0.15) is 0 Å². The van der Waals surface area contributed by atoms with Gasteiger partial charge < -0.3 is 15.2 Å².